The van der Waals surface area contributed by atoms with Gasteiger partial charge in [0.25, 0.3) is 5.69 Å². The Balaban J connectivity index is 2.20. The third-order valence-corrected chi connectivity index (χ3v) is 4.26. The Morgan fingerprint density at radius 1 is 1.15 bits per heavy atom. The number of aromatic nitrogens is 2. The smallest absolute Gasteiger partial charge is 0.298 e. The van der Waals surface area contributed by atoms with E-state index in [1.54, 1.807) is 0 Å². The predicted octanol–water partition coefficient (Wildman–Crippen LogP) is 5.46. The Morgan fingerprint density at radius 2 is 1.85 bits per heavy atom. The number of benzene rings is 2. The van der Waals surface area contributed by atoms with Crippen molar-refractivity contribution in [2.75, 3.05) is 5.32 Å². The van der Waals surface area contributed by atoms with E-state index in [9.17, 15) is 23.3 Å². The van der Waals surface area contributed by atoms with Gasteiger partial charge in [-0.05, 0) is 18.2 Å². The molecule has 27 heavy (non-hydrogen) atoms. The number of nitro benzene ring substituents is 1. The van der Waals surface area contributed by atoms with Crippen LogP contribution in [0.1, 0.15) is 0 Å². The van der Waals surface area contributed by atoms with E-state index in [4.69, 9.17) is 23.2 Å². The Bertz CT molecular complexity index is 1070. The van der Waals surface area contributed by atoms with Gasteiger partial charge in [0.2, 0.25) is 0 Å². The highest BCUT2D eigenvalue weighted by molar-refractivity contribution is 6.36. The van der Waals surface area contributed by atoms with Crippen molar-refractivity contribution in [3.63, 3.8) is 0 Å². The first-order valence-corrected chi connectivity index (χ1v) is 8.03. The van der Waals surface area contributed by atoms with Crippen molar-refractivity contribution < 1.29 is 18.1 Å². The summed E-state index contributed by atoms with van der Waals surface area (Å²) in [6.07, 6.45) is 0. The van der Waals surface area contributed by atoms with Crippen LogP contribution in [0.5, 0.6) is 0 Å². The van der Waals surface area contributed by atoms with Crippen molar-refractivity contribution in [2.45, 2.75) is 0 Å². The molecule has 0 saturated heterocycles. The molecule has 1 heterocycles. The molecule has 0 aliphatic carbocycles. The van der Waals surface area contributed by atoms with E-state index >= 15 is 0 Å². The fourth-order valence-electron chi connectivity index (χ4n) is 2.51. The van der Waals surface area contributed by atoms with Crippen LogP contribution in [0.15, 0.2) is 30.3 Å². The molecule has 11 heteroatoms. The summed E-state index contributed by atoms with van der Waals surface area (Å²) in [6.45, 7) is 0. The lowest BCUT2D eigenvalue weighted by Crippen LogP contribution is -2.05. The summed E-state index contributed by atoms with van der Waals surface area (Å²) >= 11 is 12.2. The number of nitro groups is 1. The number of aryl methyl sites for hydroxylation is 1. The molecule has 0 aliphatic heterocycles. The van der Waals surface area contributed by atoms with Crippen LogP contribution < -0.4 is 5.32 Å². The van der Waals surface area contributed by atoms with Crippen LogP contribution in [-0.2, 0) is 7.05 Å². The second-order valence-electron chi connectivity index (χ2n) is 5.43. The van der Waals surface area contributed by atoms with Crippen LogP contribution in [0.2, 0.25) is 10.2 Å². The molecule has 0 unspecified atom stereocenters. The largest absolute Gasteiger partial charge is 0.332 e. The molecule has 6 nitrogen and oxygen atoms in total. The molecule has 0 amide bonds. The molecule has 3 aromatic rings. The summed E-state index contributed by atoms with van der Waals surface area (Å²) in [5.41, 5.74) is -0.965. The fourth-order valence-corrected chi connectivity index (χ4v) is 3.08. The number of hydrogen-bond acceptors (Lipinski definition) is 4. The minimum Gasteiger partial charge on any atom is -0.332 e. The summed E-state index contributed by atoms with van der Waals surface area (Å²) in [7, 11) is 1.45. The standard InChI is InChI=1S/C16H9Cl2F3N4O2/c1-24-16(22-14-11(21)5-8(20)6-12(14)25(26)27)13(15(18)23-24)9-3-2-7(19)4-10(9)17/h2-6,22H,1H3. The highest BCUT2D eigenvalue weighted by Crippen LogP contribution is 2.41. The number of nitrogens with zero attached hydrogens (tertiary/aromatic N) is 3. The molecule has 2 aromatic carbocycles. The van der Waals surface area contributed by atoms with Gasteiger partial charge in [0, 0.05) is 18.7 Å². The first-order valence-electron chi connectivity index (χ1n) is 7.27. The molecule has 3 rings (SSSR count). The number of nitrogens with one attached hydrogen (secondary N) is 1. The topological polar surface area (TPSA) is 73.0 Å². The molecule has 1 N–H and O–H groups in total. The van der Waals surface area contributed by atoms with Crippen molar-refractivity contribution in [3.05, 3.63) is 68.1 Å². The Morgan fingerprint density at radius 3 is 2.48 bits per heavy atom. The van der Waals surface area contributed by atoms with Gasteiger partial charge in [-0.25, -0.2) is 13.2 Å². The van der Waals surface area contributed by atoms with Crippen LogP contribution in [0.3, 0.4) is 0 Å². The Hall–Kier alpha value is -2.78. The number of halogens is 5. The van der Waals surface area contributed by atoms with Crippen LogP contribution in [0.25, 0.3) is 11.1 Å². The van der Waals surface area contributed by atoms with Gasteiger partial charge < -0.3 is 5.32 Å². The normalized spacial score (nSPS) is 10.9. The molecule has 140 valence electrons. The first-order chi connectivity index (χ1) is 12.7. The third-order valence-electron chi connectivity index (χ3n) is 3.68. The summed E-state index contributed by atoms with van der Waals surface area (Å²) in [4.78, 5) is 10.2. The van der Waals surface area contributed by atoms with Crippen molar-refractivity contribution in [2.24, 2.45) is 7.05 Å². The van der Waals surface area contributed by atoms with E-state index in [0.717, 1.165) is 12.1 Å². The van der Waals surface area contributed by atoms with E-state index in [1.807, 2.05) is 0 Å². The number of hydrogen-bond donors (Lipinski definition) is 1. The highest BCUT2D eigenvalue weighted by atomic mass is 35.5. The SMILES string of the molecule is Cn1nc(Cl)c(-c2ccc(F)cc2Cl)c1Nc1c(F)cc(F)cc1[N+](=O)[O-]. The second kappa shape index (κ2) is 7.09. The number of anilines is 2. The lowest BCUT2D eigenvalue weighted by Gasteiger charge is -2.12. The minimum absolute atomic E-state index is 0.00188. The Kier molecular flexibility index (Phi) is 4.99. The molecule has 0 radical (unpaired) electrons. The molecule has 0 saturated carbocycles. The molecule has 0 bridgehead atoms. The third kappa shape index (κ3) is 3.56. The maximum absolute atomic E-state index is 14.2. The Labute approximate surface area is 160 Å². The van der Waals surface area contributed by atoms with Crippen LogP contribution in [-0.4, -0.2) is 14.7 Å². The first kappa shape index (κ1) is 19.0. The quantitative estimate of drug-likeness (QED) is 0.452. The lowest BCUT2D eigenvalue weighted by atomic mass is 10.1. The summed E-state index contributed by atoms with van der Waals surface area (Å²) in [5, 5.41) is 17.6. The number of rotatable bonds is 4. The van der Waals surface area contributed by atoms with Gasteiger partial charge >= 0.3 is 0 Å². The second-order valence-corrected chi connectivity index (χ2v) is 6.19. The van der Waals surface area contributed by atoms with Gasteiger partial charge in [-0.3, -0.25) is 14.8 Å². The zero-order valence-corrected chi connectivity index (χ0v) is 14.9. The van der Waals surface area contributed by atoms with Gasteiger partial charge in [0.1, 0.15) is 17.5 Å². The lowest BCUT2D eigenvalue weighted by molar-refractivity contribution is -0.384. The average Bonchev–Trinajstić information content (AvgIpc) is 2.83. The summed E-state index contributed by atoms with van der Waals surface area (Å²) in [6, 6.07) is 4.59. The molecule has 0 atom stereocenters. The molecular formula is C16H9Cl2F3N4O2. The minimum atomic E-state index is -1.19. The van der Waals surface area contributed by atoms with Crippen LogP contribution >= 0.6 is 23.2 Å². The average molecular weight is 417 g/mol. The van der Waals surface area contributed by atoms with Gasteiger partial charge in [0.05, 0.1) is 21.6 Å². The van der Waals surface area contributed by atoms with E-state index in [2.05, 4.69) is 10.4 Å². The molecular weight excluding hydrogens is 408 g/mol. The van der Waals surface area contributed by atoms with Crippen molar-refractivity contribution in [1.82, 2.24) is 9.78 Å². The van der Waals surface area contributed by atoms with Crippen LogP contribution in [0, 0.1) is 27.6 Å². The van der Waals surface area contributed by atoms with Crippen molar-refractivity contribution in [1.29, 1.82) is 0 Å². The molecule has 0 fully saturated rings. The fraction of sp³-hybridized carbons (Fsp3) is 0.0625. The van der Waals surface area contributed by atoms with E-state index in [-0.39, 0.29) is 27.1 Å². The van der Waals surface area contributed by atoms with Crippen molar-refractivity contribution in [3.8, 4) is 11.1 Å². The van der Waals surface area contributed by atoms with E-state index in [0.29, 0.717) is 12.1 Å². The van der Waals surface area contributed by atoms with E-state index in [1.165, 1.54) is 17.8 Å². The zero-order chi connectivity index (χ0) is 19.9. The summed E-state index contributed by atoms with van der Waals surface area (Å²) in [5.74, 6) is -2.83. The maximum Gasteiger partial charge on any atom is 0.298 e. The molecule has 0 aliphatic rings. The zero-order valence-electron chi connectivity index (χ0n) is 13.4. The highest BCUT2D eigenvalue weighted by Gasteiger charge is 2.25. The van der Waals surface area contributed by atoms with Gasteiger partial charge in [-0.2, -0.15) is 5.10 Å². The monoisotopic (exact) mass is 416 g/mol. The van der Waals surface area contributed by atoms with Crippen LogP contribution in [0.4, 0.5) is 30.4 Å². The van der Waals surface area contributed by atoms with Gasteiger partial charge in [-0.1, -0.05) is 23.2 Å². The maximum atomic E-state index is 14.2. The predicted molar refractivity (Wildman–Crippen MR) is 94.9 cm³/mol. The molecule has 0 spiro atoms. The summed E-state index contributed by atoms with van der Waals surface area (Å²) < 4.78 is 42.1. The van der Waals surface area contributed by atoms with E-state index < -0.39 is 33.7 Å². The van der Waals surface area contributed by atoms with Crippen molar-refractivity contribution >= 4 is 40.4 Å². The van der Waals surface area contributed by atoms with Gasteiger partial charge in [0.15, 0.2) is 16.7 Å². The van der Waals surface area contributed by atoms with Gasteiger partial charge in [-0.15, -0.1) is 0 Å². The molecule has 1 aromatic heterocycles.